The van der Waals surface area contributed by atoms with Gasteiger partial charge in [0.15, 0.2) is 0 Å². The second-order valence-corrected chi connectivity index (χ2v) is 14.9. The Morgan fingerprint density at radius 3 is 2.48 bits per heavy atom. The van der Waals surface area contributed by atoms with Crippen LogP contribution in [0.4, 0.5) is 10.1 Å². The van der Waals surface area contributed by atoms with Crippen molar-refractivity contribution in [2.75, 3.05) is 71.5 Å². The molecule has 15 heteroatoms. The number of nitrogens with one attached hydrogen (secondary N) is 1. The van der Waals surface area contributed by atoms with Gasteiger partial charge in [0.2, 0.25) is 0 Å². The minimum atomic E-state index is -4.13. The number of hydrogen-bond donors (Lipinski definition) is 1. The fourth-order valence-corrected chi connectivity index (χ4v) is 8.51. The fraction of sp³-hybridized carbons (Fsp3) is 0.514. The number of piperazine rings is 1. The number of likely N-dealkylation sites (N-methyl/N-ethyl adjacent to an activating group) is 1. The second kappa shape index (κ2) is 14.3. The highest BCUT2D eigenvalue weighted by Gasteiger charge is 2.33. The Kier molecular flexibility index (Phi) is 10.2. The van der Waals surface area contributed by atoms with E-state index in [-0.39, 0.29) is 55.7 Å². The molecule has 1 N–H and O–H groups in total. The molecule has 2 saturated heterocycles. The van der Waals surface area contributed by atoms with Crippen LogP contribution in [0.25, 0.3) is 11.0 Å². The van der Waals surface area contributed by atoms with Gasteiger partial charge in [0.05, 0.1) is 42.5 Å². The van der Waals surface area contributed by atoms with Crippen molar-refractivity contribution >= 4 is 38.7 Å². The number of rotatable bonds is 9. The lowest BCUT2D eigenvalue weighted by atomic mass is 9.92. The first-order valence-corrected chi connectivity index (χ1v) is 18.4. The smallest absolute Gasteiger partial charge is 0.341 e. The third-order valence-corrected chi connectivity index (χ3v) is 11.5. The zero-order valence-corrected chi connectivity index (χ0v) is 30.0. The van der Waals surface area contributed by atoms with E-state index in [2.05, 4.69) is 22.9 Å². The SMILES string of the molecule is CCOc1cc(C(=O)N2CCc3c(c(=O)oc4c(C)c(N5CCN(C)[C@@H](COC)C5)cc(C)c34)C2)c(F)cc1C(=O)NS(=O)(=O)N1CCCC1. The molecule has 50 heavy (non-hydrogen) atoms. The van der Waals surface area contributed by atoms with Crippen LogP contribution in [0.15, 0.2) is 27.4 Å². The van der Waals surface area contributed by atoms with Crippen LogP contribution < -0.4 is 20.0 Å². The van der Waals surface area contributed by atoms with E-state index >= 15 is 4.39 Å². The number of ether oxygens (including phenoxy) is 2. The average molecular weight is 714 g/mol. The van der Waals surface area contributed by atoms with Crippen molar-refractivity contribution < 1.29 is 36.3 Å². The van der Waals surface area contributed by atoms with Gasteiger partial charge in [-0.15, -0.1) is 0 Å². The number of halogens is 1. The van der Waals surface area contributed by atoms with Gasteiger partial charge in [-0.3, -0.25) is 14.5 Å². The summed E-state index contributed by atoms with van der Waals surface area (Å²) in [6, 6.07) is 4.28. The third kappa shape index (κ3) is 6.71. The summed E-state index contributed by atoms with van der Waals surface area (Å²) >= 11 is 0. The number of nitrogens with zero attached hydrogens (tertiary/aromatic N) is 4. The minimum Gasteiger partial charge on any atom is -0.493 e. The molecular weight excluding hydrogens is 669 g/mol. The third-order valence-electron chi connectivity index (χ3n) is 10.0. The molecule has 3 aliphatic heterocycles. The van der Waals surface area contributed by atoms with E-state index in [0.717, 1.165) is 63.8 Å². The van der Waals surface area contributed by atoms with E-state index in [0.29, 0.717) is 37.0 Å². The molecule has 2 fully saturated rings. The Labute approximate surface area is 291 Å². The van der Waals surface area contributed by atoms with Crippen molar-refractivity contribution in [3.8, 4) is 5.75 Å². The van der Waals surface area contributed by atoms with Gasteiger partial charge in [0, 0.05) is 63.0 Å². The van der Waals surface area contributed by atoms with Gasteiger partial charge in [-0.2, -0.15) is 12.7 Å². The minimum absolute atomic E-state index is 0.0760. The quantitative estimate of drug-likeness (QED) is 0.329. The van der Waals surface area contributed by atoms with Crippen molar-refractivity contribution in [2.24, 2.45) is 0 Å². The molecule has 3 aromatic rings. The van der Waals surface area contributed by atoms with Crippen molar-refractivity contribution in [2.45, 2.75) is 52.6 Å². The van der Waals surface area contributed by atoms with Crippen molar-refractivity contribution in [1.82, 2.24) is 18.8 Å². The standard InChI is InChI=1S/C35H44FN5O8S/c1-6-48-30-17-25(28(36)16-26(30)33(42)37-50(45,46)41-10-7-8-11-41)34(43)40-12-9-24-27(19-40)35(44)49-32-22(3)29(15-21(2)31(24)32)39-14-13-38(4)23(18-39)20-47-5/h15-17,23H,6-14,18-20H2,1-5H3,(H,37,42)/t23-/m1/s1. The topological polar surface area (TPSA) is 142 Å². The molecule has 0 spiro atoms. The van der Waals surface area contributed by atoms with E-state index in [1.165, 1.54) is 4.90 Å². The van der Waals surface area contributed by atoms with Crippen LogP contribution in [-0.4, -0.2) is 107 Å². The summed E-state index contributed by atoms with van der Waals surface area (Å²) in [6.45, 7) is 9.41. The number of anilines is 1. The Balaban J connectivity index is 1.27. The molecule has 1 atom stereocenters. The summed E-state index contributed by atoms with van der Waals surface area (Å²) in [6.07, 6.45) is 1.70. The molecule has 270 valence electrons. The Bertz CT molecular complexity index is 2000. The molecular formula is C35H44FN5O8S. The van der Waals surface area contributed by atoms with E-state index < -0.39 is 33.5 Å². The van der Waals surface area contributed by atoms with Crippen LogP contribution in [0.5, 0.6) is 5.75 Å². The largest absolute Gasteiger partial charge is 0.493 e. The van der Waals surface area contributed by atoms with Crippen molar-refractivity contribution in [3.63, 3.8) is 0 Å². The van der Waals surface area contributed by atoms with Crippen LogP contribution in [-0.2, 0) is 27.9 Å². The van der Waals surface area contributed by atoms with Gasteiger partial charge in [-0.25, -0.2) is 13.9 Å². The molecule has 2 amide bonds. The van der Waals surface area contributed by atoms with Crippen LogP contribution in [0.1, 0.15) is 62.7 Å². The second-order valence-electron chi connectivity index (χ2n) is 13.2. The molecule has 0 bridgehead atoms. The van der Waals surface area contributed by atoms with Gasteiger partial charge in [0.25, 0.3) is 11.8 Å². The van der Waals surface area contributed by atoms with E-state index in [4.69, 9.17) is 13.9 Å². The van der Waals surface area contributed by atoms with Gasteiger partial charge >= 0.3 is 15.8 Å². The molecule has 0 aliphatic carbocycles. The van der Waals surface area contributed by atoms with Crippen molar-refractivity contribution in [3.05, 3.63) is 67.8 Å². The first-order valence-electron chi connectivity index (χ1n) is 16.9. The molecule has 0 radical (unpaired) electrons. The summed E-state index contributed by atoms with van der Waals surface area (Å²) in [4.78, 5) is 46.3. The molecule has 4 heterocycles. The number of methoxy groups -OCH3 is 1. The maximum absolute atomic E-state index is 15.6. The number of fused-ring (bicyclic) bond motifs is 3. The lowest BCUT2D eigenvalue weighted by Crippen LogP contribution is -2.53. The lowest BCUT2D eigenvalue weighted by molar-refractivity contribution is 0.0726. The maximum atomic E-state index is 15.6. The van der Waals surface area contributed by atoms with Gasteiger partial charge in [0.1, 0.15) is 17.1 Å². The van der Waals surface area contributed by atoms with E-state index in [1.807, 2.05) is 18.6 Å². The Morgan fingerprint density at radius 1 is 1.04 bits per heavy atom. The van der Waals surface area contributed by atoms with Crippen LogP contribution in [0, 0.1) is 19.7 Å². The lowest BCUT2D eigenvalue weighted by Gasteiger charge is -2.41. The fourth-order valence-electron chi connectivity index (χ4n) is 7.30. The highest BCUT2D eigenvalue weighted by molar-refractivity contribution is 7.87. The molecule has 0 unspecified atom stereocenters. The Hall–Kier alpha value is -4.05. The number of carbonyl (C=O) groups is 2. The molecule has 6 rings (SSSR count). The summed E-state index contributed by atoms with van der Waals surface area (Å²) in [5, 5.41) is 0.847. The molecule has 1 aromatic heterocycles. The van der Waals surface area contributed by atoms with Gasteiger partial charge in [-0.1, -0.05) is 0 Å². The number of hydrogen-bond acceptors (Lipinski definition) is 10. The number of amides is 2. The van der Waals surface area contributed by atoms with E-state index in [9.17, 15) is 22.8 Å². The molecule has 3 aliphatic rings. The van der Waals surface area contributed by atoms with Crippen LogP contribution >= 0.6 is 0 Å². The Morgan fingerprint density at radius 2 is 1.78 bits per heavy atom. The summed E-state index contributed by atoms with van der Waals surface area (Å²) in [5.41, 5.74) is 3.23. The summed E-state index contributed by atoms with van der Waals surface area (Å²) < 4.78 is 61.1. The average Bonchev–Trinajstić information content (AvgIpc) is 3.64. The maximum Gasteiger partial charge on any atom is 0.341 e. The zero-order chi connectivity index (χ0) is 35.9. The normalized spacial score (nSPS) is 18.8. The van der Waals surface area contributed by atoms with Crippen LogP contribution in [0.2, 0.25) is 0 Å². The first-order chi connectivity index (χ1) is 23.8. The van der Waals surface area contributed by atoms with Crippen molar-refractivity contribution in [1.29, 1.82) is 0 Å². The predicted molar refractivity (Wildman–Crippen MR) is 186 cm³/mol. The van der Waals surface area contributed by atoms with E-state index in [1.54, 1.807) is 14.0 Å². The van der Waals surface area contributed by atoms with Gasteiger partial charge < -0.3 is 23.7 Å². The number of benzene rings is 2. The van der Waals surface area contributed by atoms with Gasteiger partial charge in [-0.05, 0) is 76.4 Å². The monoisotopic (exact) mass is 713 g/mol. The number of aryl methyl sites for hydroxylation is 2. The molecule has 0 saturated carbocycles. The molecule has 2 aromatic carbocycles. The highest BCUT2D eigenvalue weighted by atomic mass is 32.2. The molecule has 13 nitrogen and oxygen atoms in total. The summed E-state index contributed by atoms with van der Waals surface area (Å²) in [5.74, 6) is -2.92. The number of carbonyl (C=O) groups excluding carboxylic acids is 2. The first kappa shape index (κ1) is 35.8. The predicted octanol–water partition coefficient (Wildman–Crippen LogP) is 2.98. The zero-order valence-electron chi connectivity index (χ0n) is 29.1. The van der Waals surface area contributed by atoms with Crippen LogP contribution in [0.3, 0.4) is 0 Å². The highest BCUT2D eigenvalue weighted by Crippen LogP contribution is 2.36. The summed E-state index contributed by atoms with van der Waals surface area (Å²) in [7, 11) is -0.346.